The predicted octanol–water partition coefficient (Wildman–Crippen LogP) is 2.21. The molecule has 0 aliphatic carbocycles. The molecule has 0 unspecified atom stereocenters. The molecule has 5 nitrogen and oxygen atoms in total. The van der Waals surface area contributed by atoms with Crippen LogP contribution in [-0.2, 0) is 4.74 Å². The van der Waals surface area contributed by atoms with Crippen molar-refractivity contribution in [2.45, 2.75) is 26.4 Å². The van der Waals surface area contributed by atoms with Crippen molar-refractivity contribution in [3.8, 4) is 0 Å². The van der Waals surface area contributed by atoms with Gasteiger partial charge < -0.3 is 9.94 Å². The highest BCUT2D eigenvalue weighted by Crippen LogP contribution is 2.07. The number of amides is 1. The number of hydrogen-bond donors (Lipinski definition) is 1. The molecule has 1 rings (SSSR count). The van der Waals surface area contributed by atoms with E-state index in [4.69, 9.17) is 16.3 Å². The number of ether oxygens (including phenoxy) is 1. The molecule has 0 bridgehead atoms. The quantitative estimate of drug-likeness (QED) is 0.562. The molecule has 0 radical (unpaired) electrons. The lowest BCUT2D eigenvalue weighted by Crippen LogP contribution is -2.26. The van der Waals surface area contributed by atoms with Crippen molar-refractivity contribution in [2.24, 2.45) is 4.99 Å². The third-order valence-corrected chi connectivity index (χ3v) is 1.78. The van der Waals surface area contributed by atoms with Crippen LogP contribution in [0.25, 0.3) is 0 Å². The molecular weight excluding hydrogens is 232 g/mol. The van der Waals surface area contributed by atoms with Crippen LogP contribution in [0.2, 0.25) is 5.15 Å². The normalized spacial score (nSPS) is 12.6. The van der Waals surface area contributed by atoms with Gasteiger partial charge in [-0.2, -0.15) is 9.72 Å². The van der Waals surface area contributed by atoms with Crippen LogP contribution in [0.4, 0.5) is 4.79 Å². The number of nitrogens with zero attached hydrogens (tertiary/aromatic N) is 2. The molecule has 0 aliphatic heterocycles. The van der Waals surface area contributed by atoms with Crippen molar-refractivity contribution >= 4 is 17.7 Å². The summed E-state index contributed by atoms with van der Waals surface area (Å²) in [6, 6.07) is 4.48. The molecule has 88 valence electrons. The van der Waals surface area contributed by atoms with Gasteiger partial charge in [-0.05, 0) is 32.9 Å². The molecule has 0 saturated carbocycles. The van der Waals surface area contributed by atoms with E-state index in [9.17, 15) is 10.0 Å². The summed E-state index contributed by atoms with van der Waals surface area (Å²) in [5.74, 6) is 0. The Balaban J connectivity index is 3.01. The monoisotopic (exact) mass is 244 g/mol. The summed E-state index contributed by atoms with van der Waals surface area (Å²) in [7, 11) is 0. The van der Waals surface area contributed by atoms with Crippen molar-refractivity contribution in [2.75, 3.05) is 0 Å². The van der Waals surface area contributed by atoms with E-state index in [1.165, 1.54) is 12.1 Å². The number of hydrogen-bond acceptors (Lipinski definition) is 3. The maximum Gasteiger partial charge on any atom is 0.436 e. The molecule has 0 spiro atoms. The molecule has 1 N–H and O–H groups in total. The average molecular weight is 245 g/mol. The molecule has 0 aliphatic rings. The summed E-state index contributed by atoms with van der Waals surface area (Å²) < 4.78 is 5.57. The van der Waals surface area contributed by atoms with Crippen LogP contribution in [0.1, 0.15) is 20.8 Å². The summed E-state index contributed by atoms with van der Waals surface area (Å²) in [5.41, 5.74) is -0.610. The molecule has 1 aromatic rings. The van der Waals surface area contributed by atoms with Crippen LogP contribution in [0.15, 0.2) is 23.2 Å². The SMILES string of the molecule is CC(C)(C)OC(=O)N=c1cccc(Cl)n1O. The third kappa shape index (κ3) is 3.58. The fraction of sp³-hybridized carbons (Fsp3) is 0.400. The first-order valence-electron chi connectivity index (χ1n) is 4.64. The van der Waals surface area contributed by atoms with E-state index in [0.717, 1.165) is 0 Å². The first kappa shape index (κ1) is 12.6. The van der Waals surface area contributed by atoms with Gasteiger partial charge in [0.15, 0.2) is 5.49 Å². The fourth-order valence-corrected chi connectivity index (χ4v) is 1.09. The van der Waals surface area contributed by atoms with E-state index in [2.05, 4.69) is 4.99 Å². The number of pyridine rings is 1. The lowest BCUT2D eigenvalue weighted by Gasteiger charge is -2.17. The van der Waals surface area contributed by atoms with Crippen molar-refractivity contribution in [1.82, 2.24) is 4.73 Å². The molecular formula is C10H13ClN2O3. The molecule has 0 atom stereocenters. The lowest BCUT2D eigenvalue weighted by atomic mass is 10.2. The highest BCUT2D eigenvalue weighted by atomic mass is 35.5. The van der Waals surface area contributed by atoms with Gasteiger partial charge in [0, 0.05) is 0 Å². The van der Waals surface area contributed by atoms with Crippen LogP contribution in [0.5, 0.6) is 0 Å². The minimum absolute atomic E-state index is 0.0155. The number of aromatic nitrogens is 1. The zero-order chi connectivity index (χ0) is 12.3. The third-order valence-electron chi connectivity index (χ3n) is 1.50. The van der Waals surface area contributed by atoms with Gasteiger partial charge in [-0.1, -0.05) is 17.7 Å². The Morgan fingerprint density at radius 3 is 2.69 bits per heavy atom. The molecule has 16 heavy (non-hydrogen) atoms. The smallest absolute Gasteiger partial charge is 0.436 e. The second-order valence-corrected chi connectivity index (χ2v) is 4.50. The molecule has 0 fully saturated rings. The topological polar surface area (TPSA) is 63.8 Å². The van der Waals surface area contributed by atoms with Gasteiger partial charge >= 0.3 is 6.09 Å². The van der Waals surface area contributed by atoms with Crippen LogP contribution in [-0.4, -0.2) is 21.6 Å². The maximum atomic E-state index is 11.3. The second kappa shape index (κ2) is 4.57. The average Bonchev–Trinajstić information content (AvgIpc) is 2.09. The molecule has 0 aromatic carbocycles. The molecule has 1 amide bonds. The van der Waals surface area contributed by atoms with Gasteiger partial charge in [0.2, 0.25) is 0 Å². The van der Waals surface area contributed by atoms with E-state index in [0.29, 0.717) is 4.73 Å². The van der Waals surface area contributed by atoms with Gasteiger partial charge in [0.1, 0.15) is 10.8 Å². The zero-order valence-electron chi connectivity index (χ0n) is 9.27. The van der Waals surface area contributed by atoms with Crippen molar-refractivity contribution in [3.63, 3.8) is 0 Å². The number of carbonyl (C=O) groups is 1. The van der Waals surface area contributed by atoms with Crippen LogP contribution in [0.3, 0.4) is 0 Å². The van der Waals surface area contributed by atoms with Crippen LogP contribution >= 0.6 is 11.6 Å². The van der Waals surface area contributed by atoms with Crippen molar-refractivity contribution < 1.29 is 14.7 Å². The van der Waals surface area contributed by atoms with Crippen LogP contribution in [0, 0.1) is 0 Å². The van der Waals surface area contributed by atoms with E-state index >= 15 is 0 Å². The highest BCUT2D eigenvalue weighted by molar-refractivity contribution is 6.29. The molecule has 1 heterocycles. The van der Waals surface area contributed by atoms with Gasteiger partial charge in [0.05, 0.1) is 0 Å². The summed E-state index contributed by atoms with van der Waals surface area (Å²) >= 11 is 5.63. The van der Waals surface area contributed by atoms with E-state index in [1.54, 1.807) is 26.8 Å². The Bertz CT molecular complexity index is 460. The largest absolute Gasteiger partial charge is 0.442 e. The Morgan fingerprint density at radius 1 is 1.50 bits per heavy atom. The maximum absolute atomic E-state index is 11.3. The van der Waals surface area contributed by atoms with Crippen LogP contribution < -0.4 is 5.49 Å². The number of carbonyl (C=O) groups excluding carboxylic acids is 1. The molecule has 1 aromatic heterocycles. The standard InChI is InChI=1S/C10H13ClN2O3/c1-10(2,3)16-9(14)12-8-6-4-5-7(11)13(8)15/h4-6,15H,1-3H3. The summed E-state index contributed by atoms with van der Waals surface area (Å²) in [5, 5.41) is 9.49. The first-order chi connectivity index (χ1) is 7.29. The van der Waals surface area contributed by atoms with Gasteiger partial charge in [-0.25, -0.2) is 4.79 Å². The Morgan fingerprint density at radius 2 is 2.12 bits per heavy atom. The minimum Gasteiger partial charge on any atom is -0.442 e. The Kier molecular flexibility index (Phi) is 3.59. The fourth-order valence-electron chi connectivity index (χ4n) is 0.927. The molecule has 6 heteroatoms. The second-order valence-electron chi connectivity index (χ2n) is 4.11. The zero-order valence-corrected chi connectivity index (χ0v) is 10.0. The predicted molar refractivity (Wildman–Crippen MR) is 58.4 cm³/mol. The van der Waals surface area contributed by atoms with Gasteiger partial charge in [-0.15, -0.1) is 0 Å². The van der Waals surface area contributed by atoms with Gasteiger partial charge in [0.25, 0.3) is 0 Å². The Labute approximate surface area is 97.9 Å². The lowest BCUT2D eigenvalue weighted by molar-refractivity contribution is 0.0587. The minimum atomic E-state index is -0.780. The number of rotatable bonds is 0. The molecule has 0 saturated heterocycles. The van der Waals surface area contributed by atoms with E-state index < -0.39 is 11.7 Å². The summed E-state index contributed by atoms with van der Waals surface area (Å²) in [6.45, 7) is 5.18. The highest BCUT2D eigenvalue weighted by Gasteiger charge is 2.15. The van der Waals surface area contributed by atoms with E-state index in [-0.39, 0.29) is 10.6 Å². The summed E-state index contributed by atoms with van der Waals surface area (Å²) in [4.78, 5) is 14.9. The van der Waals surface area contributed by atoms with Crippen molar-refractivity contribution in [3.05, 3.63) is 28.8 Å². The van der Waals surface area contributed by atoms with Crippen molar-refractivity contribution in [1.29, 1.82) is 0 Å². The number of halogens is 1. The van der Waals surface area contributed by atoms with E-state index in [1.807, 2.05) is 0 Å². The van der Waals surface area contributed by atoms with Gasteiger partial charge in [-0.3, -0.25) is 0 Å². The first-order valence-corrected chi connectivity index (χ1v) is 5.02. The Hall–Kier alpha value is -1.49. The summed E-state index contributed by atoms with van der Waals surface area (Å²) in [6.07, 6.45) is -0.780.